The zero-order valence-corrected chi connectivity index (χ0v) is 60.4. The molecule has 36 heteroatoms. The van der Waals surface area contributed by atoms with E-state index in [0.29, 0.717) is 76.9 Å². The molecule has 0 spiro atoms. The summed E-state index contributed by atoms with van der Waals surface area (Å²) in [4.78, 5) is 156. The van der Waals surface area contributed by atoms with Crippen LogP contribution in [0.4, 0.5) is 0 Å². The first-order valence-electron chi connectivity index (χ1n) is 36.0. The maximum Gasteiger partial charge on any atom is 0.306 e. The Hall–Kier alpha value is -7.10. The van der Waals surface area contributed by atoms with Crippen LogP contribution in [0, 0.1) is 5.92 Å². The summed E-state index contributed by atoms with van der Waals surface area (Å²) in [5, 5.41) is 44.7. The number of aliphatic hydroxyl groups is 2. The maximum atomic E-state index is 11.8. The van der Waals surface area contributed by atoms with Gasteiger partial charge >= 0.3 is 59.7 Å². The molecule has 5 N–H and O–H groups in total. The molecule has 0 aliphatic carbocycles. The van der Waals surface area contributed by atoms with E-state index in [0.717, 1.165) is 0 Å². The third-order valence-electron chi connectivity index (χ3n) is 18.1. The van der Waals surface area contributed by atoms with Gasteiger partial charge in [-0.3, -0.25) is 47.9 Å². The number of hydrogen-bond donors (Lipinski definition) is 5. The van der Waals surface area contributed by atoms with Gasteiger partial charge in [0.05, 0.1) is 72.2 Å². The fraction of sp³-hybridized carbons (Fsp3) is 0.800. The molecular weight excluding hydrogens is 1420 g/mol. The second-order valence-electron chi connectivity index (χ2n) is 27.3. The zero-order chi connectivity index (χ0) is 77.6. The number of ketones is 4. The van der Waals surface area contributed by atoms with Crippen LogP contribution in [-0.2, 0) is 148 Å². The second-order valence-corrected chi connectivity index (χ2v) is 27.3. The largest absolute Gasteiger partial charge is 0.481 e. The summed E-state index contributed by atoms with van der Waals surface area (Å²) in [6.45, 7) is 10.5. The summed E-state index contributed by atoms with van der Waals surface area (Å²) in [6.07, 6.45) is -3.84. The molecule has 598 valence electrons. The van der Waals surface area contributed by atoms with Gasteiger partial charge < -0.3 is 125 Å². The van der Waals surface area contributed by atoms with Gasteiger partial charge in [-0.25, -0.2) is 0 Å². The average Bonchev–Trinajstić information content (AvgIpc) is 1.65. The van der Waals surface area contributed by atoms with Crippen LogP contribution in [0.15, 0.2) is 0 Å². The highest BCUT2D eigenvalue weighted by atomic mass is 16.7. The minimum absolute atomic E-state index is 0.00868. The smallest absolute Gasteiger partial charge is 0.306 e. The lowest BCUT2D eigenvalue weighted by atomic mass is 10.0. The number of rotatable bonds is 35. The highest BCUT2D eigenvalue weighted by Gasteiger charge is 2.54. The van der Waals surface area contributed by atoms with Gasteiger partial charge in [-0.05, 0) is 72.6 Å². The Morgan fingerprint density at radius 3 is 0.632 bits per heavy atom. The summed E-state index contributed by atoms with van der Waals surface area (Å²) in [5.74, 6) is -5.26. The normalized spacial score (nSPS) is 30.7. The SMILES string of the molecule is CC(=O)CCCC(=O)O[C@@H]1CO[C@H]2[C@@H]1OC[C@H]2O.CC(=O)CCCC(=O)O[C@@H]1CO[C@H]2[C@@H]1OC[C@H]2OC(=O)CCCC(=O)O.CC(=O)CCCC(=O)O[C@H]1CO[C@H]2[C@@H]1OC[C@H]2O.CC(=O)CCCC(=O)O[C@H]1CO[C@H]2[C@@H]1OC[C@H]2OC(=O)CCCC(=O)O.C[C@H]1CO[C@H]2[C@@H]1OC[C@H]2OC(=O)CCCC(=O)O. The number of esters is 7. The molecule has 36 nitrogen and oxygen atoms in total. The molecule has 0 amide bonds. The number of aliphatic hydroxyl groups excluding tert-OH is 2. The van der Waals surface area contributed by atoms with Crippen LogP contribution in [0.2, 0.25) is 0 Å². The first-order valence-corrected chi connectivity index (χ1v) is 36.0. The van der Waals surface area contributed by atoms with Gasteiger partial charge in [0.25, 0.3) is 0 Å². The van der Waals surface area contributed by atoms with Gasteiger partial charge in [-0.1, -0.05) is 6.92 Å². The number of fused-ring (bicyclic) bond motifs is 5. The molecule has 10 saturated heterocycles. The van der Waals surface area contributed by atoms with Crippen molar-refractivity contribution in [1.29, 1.82) is 0 Å². The molecule has 20 atom stereocenters. The highest BCUT2D eigenvalue weighted by Crippen LogP contribution is 2.36. The molecule has 10 heterocycles. The van der Waals surface area contributed by atoms with Crippen LogP contribution < -0.4 is 0 Å². The van der Waals surface area contributed by atoms with E-state index < -0.39 is 115 Å². The molecule has 0 bridgehead atoms. The minimum atomic E-state index is -0.964. The first kappa shape index (κ1) is 87.8. The van der Waals surface area contributed by atoms with Crippen molar-refractivity contribution in [3.05, 3.63) is 0 Å². The first-order chi connectivity index (χ1) is 50.5. The van der Waals surface area contributed by atoms with E-state index in [2.05, 4.69) is 0 Å². The lowest BCUT2D eigenvalue weighted by molar-refractivity contribution is -0.157. The third kappa shape index (κ3) is 29.8. The van der Waals surface area contributed by atoms with Gasteiger partial charge in [0.15, 0.2) is 42.7 Å². The molecule has 0 saturated carbocycles. The fourth-order valence-corrected chi connectivity index (χ4v) is 12.8. The van der Waals surface area contributed by atoms with Gasteiger partial charge in [-0.2, -0.15) is 0 Å². The molecule has 0 unspecified atom stereocenters. The van der Waals surface area contributed by atoms with Crippen LogP contribution in [-0.4, -0.2) is 290 Å². The molecule has 106 heavy (non-hydrogen) atoms. The van der Waals surface area contributed by atoms with E-state index in [1.807, 2.05) is 6.92 Å². The number of aliphatic carboxylic acids is 3. The van der Waals surface area contributed by atoms with Gasteiger partial charge in [0.2, 0.25) is 0 Å². The number of carbonyl (C=O) groups excluding carboxylic acids is 11. The van der Waals surface area contributed by atoms with E-state index in [9.17, 15) is 77.3 Å². The maximum absolute atomic E-state index is 11.8. The summed E-state index contributed by atoms with van der Waals surface area (Å²) in [7, 11) is 0. The lowest BCUT2D eigenvalue weighted by Crippen LogP contribution is -2.36. The van der Waals surface area contributed by atoms with Gasteiger partial charge in [0.1, 0.15) is 90.3 Å². The molecule has 10 rings (SSSR count). The van der Waals surface area contributed by atoms with Gasteiger partial charge in [-0.15, -0.1) is 0 Å². The van der Waals surface area contributed by atoms with Crippen molar-refractivity contribution in [3.8, 4) is 0 Å². The van der Waals surface area contributed by atoms with Crippen LogP contribution in [0.1, 0.15) is 169 Å². The van der Waals surface area contributed by atoms with E-state index in [4.69, 9.17) is 95.8 Å². The Balaban J connectivity index is 0.000000210. The Kier molecular flexibility index (Phi) is 37.3. The predicted octanol–water partition coefficient (Wildman–Crippen LogP) is 1.46. The van der Waals surface area contributed by atoms with Crippen LogP contribution in [0.5, 0.6) is 0 Å². The summed E-state index contributed by atoms with van der Waals surface area (Å²) >= 11 is 0. The quantitative estimate of drug-likeness (QED) is 0.0443. The summed E-state index contributed by atoms with van der Waals surface area (Å²) in [6, 6.07) is 0. The number of carbonyl (C=O) groups is 14. The van der Waals surface area contributed by atoms with Crippen LogP contribution in [0.3, 0.4) is 0 Å². The summed E-state index contributed by atoms with van der Waals surface area (Å²) < 4.78 is 91.7. The van der Waals surface area contributed by atoms with E-state index >= 15 is 0 Å². The molecule has 0 radical (unpaired) electrons. The molecule has 10 aliphatic rings. The number of ether oxygens (including phenoxy) is 17. The fourth-order valence-electron chi connectivity index (χ4n) is 12.8. The number of hydrogen-bond acceptors (Lipinski definition) is 33. The molecular formula is C70H102O36. The van der Waals surface area contributed by atoms with Crippen molar-refractivity contribution < 1.29 is 173 Å². The van der Waals surface area contributed by atoms with Crippen molar-refractivity contribution in [1.82, 2.24) is 0 Å². The molecule has 0 aromatic rings. The standard InChI is InChI=1S/2C17H24O9.3C12H18O6/c2*1-10(18)4-2-6-14(21)25-11-8-23-17-12(9-24-16(11)17)26-15(22)7-3-5-13(19)20;1-7-5-16-12-8(6-17-11(7)12)18-10(15)4-2-3-9(13)14;2*1-7(13)3-2-4-10(15)18-9-6-17-11-8(14)5-16-12(9)11/h2*11-12,16-17H,2-9H2,1H3,(H,19,20);7-8,11-12H,2-6H2,1H3,(H,13,14);2*8-9,11-12,14H,2-6H2,1H3/t11-,12+,16+,17+;11-,12-,16-,17-;7-,8+,11+,12+;8-,9+,11-,12-;8-,9-,11-,12-/m01011/s1. The lowest BCUT2D eigenvalue weighted by Gasteiger charge is -2.17. The topological polar surface area (TPSA) is 497 Å². The van der Waals surface area contributed by atoms with Crippen molar-refractivity contribution in [2.45, 2.75) is 285 Å². The number of carboxylic acids is 3. The van der Waals surface area contributed by atoms with Crippen molar-refractivity contribution in [3.63, 3.8) is 0 Å². The Morgan fingerprint density at radius 2 is 0.415 bits per heavy atom. The van der Waals surface area contributed by atoms with Gasteiger partial charge in [0, 0.05) is 95.8 Å². The van der Waals surface area contributed by atoms with E-state index in [1.54, 1.807) is 0 Å². The minimum Gasteiger partial charge on any atom is -0.481 e. The monoisotopic (exact) mass is 1520 g/mol. The van der Waals surface area contributed by atoms with E-state index in [1.165, 1.54) is 27.7 Å². The molecule has 10 aliphatic heterocycles. The average molecular weight is 1520 g/mol. The van der Waals surface area contributed by atoms with Crippen LogP contribution in [0.25, 0.3) is 0 Å². The van der Waals surface area contributed by atoms with Crippen molar-refractivity contribution in [2.24, 2.45) is 5.92 Å². The van der Waals surface area contributed by atoms with Crippen molar-refractivity contribution >= 4 is 82.8 Å². The Labute approximate surface area is 611 Å². The third-order valence-corrected chi connectivity index (χ3v) is 18.1. The summed E-state index contributed by atoms with van der Waals surface area (Å²) in [5.41, 5.74) is 0. The molecule has 10 fully saturated rings. The zero-order valence-electron chi connectivity index (χ0n) is 60.4. The second kappa shape index (κ2) is 45.0. The number of Topliss-reactive ketones (excluding diaryl/α,β-unsaturated/α-hetero) is 4. The molecule has 0 aromatic carbocycles. The predicted molar refractivity (Wildman–Crippen MR) is 350 cm³/mol. The Morgan fingerprint density at radius 1 is 0.245 bits per heavy atom. The van der Waals surface area contributed by atoms with Crippen molar-refractivity contribution in [2.75, 3.05) is 66.1 Å². The van der Waals surface area contributed by atoms with Crippen LogP contribution >= 0.6 is 0 Å². The van der Waals surface area contributed by atoms with E-state index in [-0.39, 0.29) is 214 Å². The highest BCUT2D eigenvalue weighted by molar-refractivity contribution is 5.79. The Bertz CT molecular complexity index is 2610. The molecule has 0 aromatic heterocycles. The number of carboxylic acid groups (broad SMARTS) is 3.